The van der Waals surface area contributed by atoms with Gasteiger partial charge >= 0.3 is 6.03 Å². The molecule has 1 aliphatic heterocycles. The van der Waals surface area contributed by atoms with Crippen LogP contribution in [-0.4, -0.2) is 35.1 Å². The zero-order chi connectivity index (χ0) is 17.6. The molecule has 1 aromatic carbocycles. The summed E-state index contributed by atoms with van der Waals surface area (Å²) in [5.41, 5.74) is 3.11. The molecular weight excluding hydrogens is 314 g/mol. The van der Waals surface area contributed by atoms with Gasteiger partial charge in [-0.05, 0) is 43.5 Å². The number of nitrogens with one attached hydrogen (secondary N) is 1. The summed E-state index contributed by atoms with van der Waals surface area (Å²) in [4.78, 5) is 18.5. The Labute approximate surface area is 148 Å². The van der Waals surface area contributed by atoms with Gasteiger partial charge in [-0.3, -0.25) is 0 Å². The summed E-state index contributed by atoms with van der Waals surface area (Å²) < 4.78 is 5.65. The van der Waals surface area contributed by atoms with Gasteiger partial charge in [0, 0.05) is 19.3 Å². The van der Waals surface area contributed by atoms with Crippen LogP contribution in [0.5, 0.6) is 5.88 Å². The SMILES string of the molecule is CC(C)Oc1ncccc1NC(=O)N1CC=C(c2ccccc2)CC1. The molecular formula is C20H23N3O2. The van der Waals surface area contributed by atoms with Gasteiger partial charge in [0.25, 0.3) is 0 Å². The third-order valence-corrected chi connectivity index (χ3v) is 4.00. The fourth-order valence-corrected chi connectivity index (χ4v) is 2.77. The van der Waals surface area contributed by atoms with Crippen molar-refractivity contribution in [1.82, 2.24) is 9.88 Å². The maximum absolute atomic E-state index is 12.6. The first kappa shape index (κ1) is 17.0. The molecule has 0 aliphatic carbocycles. The van der Waals surface area contributed by atoms with Crippen LogP contribution in [0.15, 0.2) is 54.7 Å². The van der Waals surface area contributed by atoms with Crippen LogP contribution in [0.3, 0.4) is 0 Å². The molecule has 0 saturated heterocycles. The minimum absolute atomic E-state index is 0.00287. The van der Waals surface area contributed by atoms with Gasteiger partial charge in [-0.2, -0.15) is 0 Å². The number of carbonyl (C=O) groups excluding carboxylic acids is 1. The number of benzene rings is 1. The Morgan fingerprint density at radius 3 is 2.68 bits per heavy atom. The Morgan fingerprint density at radius 1 is 1.20 bits per heavy atom. The molecule has 0 saturated carbocycles. The molecule has 1 N–H and O–H groups in total. The van der Waals surface area contributed by atoms with Gasteiger partial charge in [0.05, 0.1) is 6.10 Å². The van der Waals surface area contributed by atoms with Crippen LogP contribution < -0.4 is 10.1 Å². The summed E-state index contributed by atoms with van der Waals surface area (Å²) in [6.07, 6.45) is 4.62. The van der Waals surface area contributed by atoms with Crippen molar-refractivity contribution >= 4 is 17.3 Å². The van der Waals surface area contributed by atoms with Crippen molar-refractivity contribution in [2.75, 3.05) is 18.4 Å². The third-order valence-electron chi connectivity index (χ3n) is 4.00. The van der Waals surface area contributed by atoms with Gasteiger partial charge < -0.3 is 15.0 Å². The Balaban J connectivity index is 1.65. The van der Waals surface area contributed by atoms with Crippen LogP contribution in [0, 0.1) is 0 Å². The molecule has 0 unspecified atom stereocenters. The van der Waals surface area contributed by atoms with Gasteiger partial charge in [0.1, 0.15) is 5.69 Å². The summed E-state index contributed by atoms with van der Waals surface area (Å²) >= 11 is 0. The quantitative estimate of drug-likeness (QED) is 0.910. The van der Waals surface area contributed by atoms with Gasteiger partial charge in [0.2, 0.25) is 5.88 Å². The molecule has 5 heteroatoms. The van der Waals surface area contributed by atoms with E-state index in [-0.39, 0.29) is 12.1 Å². The molecule has 25 heavy (non-hydrogen) atoms. The minimum atomic E-state index is -0.134. The summed E-state index contributed by atoms with van der Waals surface area (Å²) in [6.45, 7) is 5.14. The summed E-state index contributed by atoms with van der Waals surface area (Å²) in [6, 6.07) is 13.7. The maximum atomic E-state index is 12.6. The number of amides is 2. The van der Waals surface area contributed by atoms with Gasteiger partial charge in [0.15, 0.2) is 0 Å². The van der Waals surface area contributed by atoms with E-state index in [1.807, 2.05) is 32.0 Å². The number of pyridine rings is 1. The van der Waals surface area contributed by atoms with Crippen molar-refractivity contribution in [3.05, 3.63) is 60.3 Å². The normalized spacial score (nSPS) is 14.2. The molecule has 2 heterocycles. The van der Waals surface area contributed by atoms with Crippen molar-refractivity contribution < 1.29 is 9.53 Å². The molecule has 2 amide bonds. The average Bonchev–Trinajstić information content (AvgIpc) is 2.64. The van der Waals surface area contributed by atoms with Crippen LogP contribution in [0.1, 0.15) is 25.8 Å². The number of carbonyl (C=O) groups is 1. The van der Waals surface area contributed by atoms with Crippen molar-refractivity contribution in [3.63, 3.8) is 0 Å². The third kappa shape index (κ3) is 4.38. The second kappa shape index (κ2) is 7.83. The van der Waals surface area contributed by atoms with E-state index < -0.39 is 0 Å². The molecule has 3 rings (SSSR count). The van der Waals surface area contributed by atoms with Gasteiger partial charge in [-0.15, -0.1) is 0 Å². The first-order valence-corrected chi connectivity index (χ1v) is 8.55. The van der Waals surface area contributed by atoms with Crippen molar-refractivity contribution in [2.24, 2.45) is 0 Å². The van der Waals surface area contributed by atoms with Crippen LogP contribution >= 0.6 is 0 Å². The fourth-order valence-electron chi connectivity index (χ4n) is 2.77. The van der Waals surface area contributed by atoms with Gasteiger partial charge in [-0.25, -0.2) is 9.78 Å². The van der Waals surface area contributed by atoms with Crippen molar-refractivity contribution in [2.45, 2.75) is 26.4 Å². The van der Waals surface area contributed by atoms with E-state index in [9.17, 15) is 4.79 Å². The highest BCUT2D eigenvalue weighted by Crippen LogP contribution is 2.25. The predicted octanol–water partition coefficient (Wildman–Crippen LogP) is 4.19. The summed E-state index contributed by atoms with van der Waals surface area (Å²) in [7, 11) is 0. The Morgan fingerprint density at radius 2 is 2.00 bits per heavy atom. The number of nitrogens with zero attached hydrogens (tertiary/aromatic N) is 2. The van der Waals surface area contributed by atoms with E-state index in [2.05, 4.69) is 28.5 Å². The molecule has 5 nitrogen and oxygen atoms in total. The standard InChI is InChI=1S/C20H23N3O2/c1-15(2)25-19-18(9-6-12-21-19)22-20(24)23-13-10-17(11-14-23)16-7-4-3-5-8-16/h3-10,12,15H,11,13-14H2,1-2H3,(H,22,24). The lowest BCUT2D eigenvalue weighted by Crippen LogP contribution is -2.38. The van der Waals surface area contributed by atoms with Crippen molar-refractivity contribution in [3.8, 4) is 5.88 Å². The molecule has 0 bridgehead atoms. The average molecular weight is 337 g/mol. The fraction of sp³-hybridized carbons (Fsp3) is 0.300. The lowest BCUT2D eigenvalue weighted by atomic mass is 10.00. The maximum Gasteiger partial charge on any atom is 0.322 e. The molecule has 1 aliphatic rings. The lowest BCUT2D eigenvalue weighted by Gasteiger charge is -2.27. The molecule has 2 aromatic rings. The highest BCUT2D eigenvalue weighted by Gasteiger charge is 2.19. The zero-order valence-corrected chi connectivity index (χ0v) is 14.6. The van der Waals surface area contributed by atoms with E-state index in [1.165, 1.54) is 11.1 Å². The smallest absolute Gasteiger partial charge is 0.322 e. The number of ether oxygens (including phenoxy) is 1. The Hall–Kier alpha value is -2.82. The van der Waals surface area contributed by atoms with E-state index in [0.717, 1.165) is 6.42 Å². The van der Waals surface area contributed by atoms with E-state index in [4.69, 9.17) is 4.74 Å². The molecule has 0 radical (unpaired) electrons. The first-order valence-electron chi connectivity index (χ1n) is 8.55. The highest BCUT2D eigenvalue weighted by atomic mass is 16.5. The number of aromatic nitrogens is 1. The number of hydrogen-bond acceptors (Lipinski definition) is 3. The minimum Gasteiger partial charge on any atom is -0.473 e. The first-order chi connectivity index (χ1) is 12.1. The largest absolute Gasteiger partial charge is 0.473 e. The zero-order valence-electron chi connectivity index (χ0n) is 14.6. The number of urea groups is 1. The van der Waals surface area contributed by atoms with E-state index >= 15 is 0 Å². The van der Waals surface area contributed by atoms with Crippen LogP contribution in [0.25, 0.3) is 5.57 Å². The summed E-state index contributed by atoms with van der Waals surface area (Å²) in [5, 5.41) is 2.91. The van der Waals surface area contributed by atoms with Crippen molar-refractivity contribution in [1.29, 1.82) is 0 Å². The monoisotopic (exact) mass is 337 g/mol. The Bertz CT molecular complexity index is 757. The molecule has 0 spiro atoms. The van der Waals surface area contributed by atoms with Crippen LogP contribution in [-0.2, 0) is 0 Å². The Kier molecular flexibility index (Phi) is 5.33. The molecule has 0 atom stereocenters. The number of hydrogen-bond donors (Lipinski definition) is 1. The van der Waals surface area contributed by atoms with Crippen LogP contribution in [0.2, 0.25) is 0 Å². The highest BCUT2D eigenvalue weighted by molar-refractivity contribution is 5.91. The molecule has 1 aromatic heterocycles. The lowest BCUT2D eigenvalue weighted by molar-refractivity contribution is 0.215. The number of rotatable bonds is 4. The van der Waals surface area contributed by atoms with Crippen LogP contribution in [0.4, 0.5) is 10.5 Å². The second-order valence-electron chi connectivity index (χ2n) is 6.24. The van der Waals surface area contributed by atoms with E-state index in [0.29, 0.717) is 24.7 Å². The summed E-state index contributed by atoms with van der Waals surface area (Å²) in [5.74, 6) is 0.448. The second-order valence-corrected chi connectivity index (χ2v) is 6.24. The molecule has 0 fully saturated rings. The van der Waals surface area contributed by atoms with E-state index in [1.54, 1.807) is 23.2 Å². The topological polar surface area (TPSA) is 54.5 Å². The number of anilines is 1. The molecule has 130 valence electrons. The predicted molar refractivity (Wildman–Crippen MR) is 99.6 cm³/mol. The van der Waals surface area contributed by atoms with Gasteiger partial charge in [-0.1, -0.05) is 36.4 Å².